The minimum absolute atomic E-state index is 0.547. The molecule has 0 aliphatic heterocycles. The second kappa shape index (κ2) is 5.48. The molecule has 1 aliphatic carbocycles. The van der Waals surface area contributed by atoms with Crippen LogP contribution in [0.15, 0.2) is 30.3 Å². The molecule has 3 rings (SSSR count). The van der Waals surface area contributed by atoms with Gasteiger partial charge in [-0.2, -0.15) is 0 Å². The molecule has 0 fully saturated rings. The van der Waals surface area contributed by atoms with Gasteiger partial charge in [-0.25, -0.2) is 0 Å². The number of aryl methyl sites for hydroxylation is 2. The molecular weight excluding hydrogens is 250 g/mol. The maximum absolute atomic E-state index is 3.48. The molecule has 0 atom stereocenters. The number of hydrogen-bond donors (Lipinski definition) is 1. The molecule has 2 aromatic rings. The third-order valence-corrected chi connectivity index (χ3v) is 4.86. The first-order valence-electron chi connectivity index (χ1n) is 7.16. The summed E-state index contributed by atoms with van der Waals surface area (Å²) in [6, 6.07) is 12.1. The van der Waals surface area contributed by atoms with E-state index in [-0.39, 0.29) is 0 Å². The van der Waals surface area contributed by atoms with Gasteiger partial charge >= 0.3 is 0 Å². The lowest BCUT2D eigenvalue weighted by molar-refractivity contribution is 0.593. The minimum Gasteiger partial charge on any atom is -0.310 e. The molecule has 0 unspecified atom stereocenters. The van der Waals surface area contributed by atoms with E-state index in [4.69, 9.17) is 0 Å². The fourth-order valence-corrected chi connectivity index (χ4v) is 3.61. The summed E-state index contributed by atoms with van der Waals surface area (Å²) in [5.74, 6) is 0. The van der Waals surface area contributed by atoms with E-state index >= 15 is 0 Å². The predicted molar refractivity (Wildman–Crippen MR) is 83.8 cm³/mol. The van der Waals surface area contributed by atoms with Crippen molar-refractivity contribution in [3.8, 4) is 10.4 Å². The average molecular weight is 271 g/mol. The molecule has 2 heteroatoms. The Bertz CT molecular complexity index is 568. The molecule has 0 radical (unpaired) electrons. The first-order chi connectivity index (χ1) is 9.22. The quantitative estimate of drug-likeness (QED) is 0.869. The van der Waals surface area contributed by atoms with Gasteiger partial charge in [0.05, 0.1) is 0 Å². The van der Waals surface area contributed by atoms with Crippen LogP contribution in [-0.2, 0) is 19.4 Å². The molecule has 0 bridgehead atoms. The maximum Gasteiger partial charge on any atom is 0.0346 e. The Morgan fingerprint density at radius 3 is 2.79 bits per heavy atom. The molecular formula is C17H21NS. The van der Waals surface area contributed by atoms with E-state index < -0.39 is 0 Å². The van der Waals surface area contributed by atoms with Gasteiger partial charge in [0.1, 0.15) is 0 Å². The molecule has 1 nitrogen and oxygen atoms in total. The van der Waals surface area contributed by atoms with Crippen molar-refractivity contribution in [3.05, 3.63) is 46.3 Å². The Hall–Kier alpha value is -1.12. The van der Waals surface area contributed by atoms with Crippen molar-refractivity contribution in [2.45, 2.75) is 45.7 Å². The molecule has 0 spiro atoms. The zero-order valence-corrected chi connectivity index (χ0v) is 12.5. The van der Waals surface area contributed by atoms with E-state index in [1.807, 2.05) is 11.3 Å². The highest BCUT2D eigenvalue weighted by molar-refractivity contribution is 7.15. The van der Waals surface area contributed by atoms with Crippen molar-refractivity contribution in [1.82, 2.24) is 5.32 Å². The van der Waals surface area contributed by atoms with Gasteiger partial charge in [0.25, 0.3) is 0 Å². The minimum atomic E-state index is 0.547. The number of thiophene rings is 1. The van der Waals surface area contributed by atoms with E-state index in [1.54, 1.807) is 11.1 Å². The molecule has 1 N–H and O–H groups in total. The van der Waals surface area contributed by atoms with E-state index in [0.717, 1.165) is 6.54 Å². The predicted octanol–water partition coefficient (Wildman–Crippen LogP) is 4.40. The van der Waals surface area contributed by atoms with Crippen LogP contribution in [0.2, 0.25) is 0 Å². The number of hydrogen-bond acceptors (Lipinski definition) is 2. The van der Waals surface area contributed by atoms with Crippen molar-refractivity contribution in [2.75, 3.05) is 0 Å². The third kappa shape index (κ3) is 2.90. The van der Waals surface area contributed by atoms with Crippen LogP contribution < -0.4 is 5.32 Å². The Morgan fingerprint density at radius 1 is 1.11 bits per heavy atom. The monoisotopic (exact) mass is 271 g/mol. The summed E-state index contributed by atoms with van der Waals surface area (Å²) in [4.78, 5) is 2.82. The van der Waals surface area contributed by atoms with Crippen LogP contribution in [0.3, 0.4) is 0 Å². The van der Waals surface area contributed by atoms with Gasteiger partial charge in [-0.1, -0.05) is 32.0 Å². The van der Waals surface area contributed by atoms with Crippen LogP contribution in [0, 0.1) is 0 Å². The summed E-state index contributed by atoms with van der Waals surface area (Å²) in [6.07, 6.45) is 3.85. The Kier molecular flexibility index (Phi) is 3.72. The van der Waals surface area contributed by atoms with Crippen molar-refractivity contribution in [1.29, 1.82) is 0 Å². The van der Waals surface area contributed by atoms with Gasteiger partial charge in [0, 0.05) is 22.3 Å². The molecule has 1 aliphatic rings. The molecule has 1 aromatic heterocycles. The molecule has 1 heterocycles. The molecule has 19 heavy (non-hydrogen) atoms. The Labute approximate surface area is 119 Å². The maximum atomic E-state index is 3.48. The number of benzene rings is 1. The SMILES string of the molecule is CC(C)NCc1ccc(-c2ccc3c(c2)CCC3)s1. The van der Waals surface area contributed by atoms with E-state index in [2.05, 4.69) is 49.5 Å². The molecule has 1 aromatic carbocycles. The second-order valence-electron chi connectivity index (χ2n) is 5.64. The largest absolute Gasteiger partial charge is 0.310 e. The number of rotatable bonds is 4. The summed E-state index contributed by atoms with van der Waals surface area (Å²) in [6.45, 7) is 5.36. The zero-order chi connectivity index (χ0) is 13.2. The van der Waals surface area contributed by atoms with Gasteiger partial charge < -0.3 is 5.32 Å². The first kappa shape index (κ1) is 12.9. The molecule has 0 saturated carbocycles. The van der Waals surface area contributed by atoms with Crippen LogP contribution >= 0.6 is 11.3 Å². The first-order valence-corrected chi connectivity index (χ1v) is 7.98. The van der Waals surface area contributed by atoms with Crippen molar-refractivity contribution >= 4 is 11.3 Å². The van der Waals surface area contributed by atoms with Gasteiger partial charge in [-0.15, -0.1) is 11.3 Å². The third-order valence-electron chi connectivity index (χ3n) is 3.73. The summed E-state index contributed by atoms with van der Waals surface area (Å²) in [7, 11) is 0. The van der Waals surface area contributed by atoms with Crippen LogP contribution in [0.4, 0.5) is 0 Å². The summed E-state index contributed by atoms with van der Waals surface area (Å²) in [5, 5.41) is 3.48. The number of nitrogens with one attached hydrogen (secondary N) is 1. The van der Waals surface area contributed by atoms with E-state index in [1.165, 1.54) is 34.6 Å². The standard InChI is InChI=1S/C17H21NS/c1-12(2)18-11-16-8-9-17(19-16)15-7-6-13-4-3-5-14(13)10-15/h6-10,12,18H,3-5,11H2,1-2H3. The Balaban J connectivity index is 1.79. The molecule has 0 amide bonds. The van der Waals surface area contributed by atoms with Crippen molar-refractivity contribution in [2.24, 2.45) is 0 Å². The van der Waals surface area contributed by atoms with Crippen LogP contribution in [0.25, 0.3) is 10.4 Å². The molecule has 100 valence electrons. The summed E-state index contributed by atoms with van der Waals surface area (Å²) >= 11 is 1.91. The van der Waals surface area contributed by atoms with Crippen LogP contribution in [0.1, 0.15) is 36.3 Å². The van der Waals surface area contributed by atoms with Crippen molar-refractivity contribution < 1.29 is 0 Å². The van der Waals surface area contributed by atoms with Crippen LogP contribution in [-0.4, -0.2) is 6.04 Å². The lowest BCUT2D eigenvalue weighted by Gasteiger charge is -2.05. The smallest absolute Gasteiger partial charge is 0.0346 e. The zero-order valence-electron chi connectivity index (χ0n) is 11.7. The fourth-order valence-electron chi connectivity index (χ4n) is 2.66. The van der Waals surface area contributed by atoms with Gasteiger partial charge in [0.15, 0.2) is 0 Å². The van der Waals surface area contributed by atoms with Gasteiger partial charge in [-0.05, 0) is 48.1 Å². The van der Waals surface area contributed by atoms with Gasteiger partial charge in [-0.3, -0.25) is 0 Å². The topological polar surface area (TPSA) is 12.0 Å². The normalized spacial score (nSPS) is 14.1. The highest BCUT2D eigenvalue weighted by Crippen LogP contribution is 2.32. The average Bonchev–Trinajstić information content (AvgIpc) is 3.04. The fraction of sp³-hybridized carbons (Fsp3) is 0.412. The van der Waals surface area contributed by atoms with E-state index in [0.29, 0.717) is 6.04 Å². The number of fused-ring (bicyclic) bond motifs is 1. The van der Waals surface area contributed by atoms with Gasteiger partial charge in [0.2, 0.25) is 0 Å². The lowest BCUT2D eigenvalue weighted by atomic mass is 10.1. The Morgan fingerprint density at radius 2 is 1.95 bits per heavy atom. The van der Waals surface area contributed by atoms with Crippen LogP contribution in [0.5, 0.6) is 0 Å². The van der Waals surface area contributed by atoms with Crippen molar-refractivity contribution in [3.63, 3.8) is 0 Å². The second-order valence-corrected chi connectivity index (χ2v) is 6.81. The molecule has 0 saturated heterocycles. The summed E-state index contributed by atoms with van der Waals surface area (Å²) in [5.41, 5.74) is 4.51. The lowest BCUT2D eigenvalue weighted by Crippen LogP contribution is -2.21. The van der Waals surface area contributed by atoms with E-state index in [9.17, 15) is 0 Å². The summed E-state index contributed by atoms with van der Waals surface area (Å²) < 4.78 is 0. The highest BCUT2D eigenvalue weighted by atomic mass is 32.1. The highest BCUT2D eigenvalue weighted by Gasteiger charge is 2.12.